The number of thiazole rings is 1. The second kappa shape index (κ2) is 3.46. The maximum Gasteiger partial charge on any atom is 0.365 e. The Morgan fingerprint density at radius 2 is 2.58 bits per heavy atom. The zero-order valence-corrected chi connectivity index (χ0v) is 7.04. The molecule has 0 bridgehead atoms. The van der Waals surface area contributed by atoms with Crippen LogP contribution in [0.25, 0.3) is 0 Å². The molecule has 5 heteroatoms. The van der Waals surface area contributed by atoms with Crippen LogP contribution in [-0.2, 0) is 0 Å². The number of nitrogens with two attached hydrogens (primary N) is 1. The Kier molecular flexibility index (Phi) is 2.57. The first kappa shape index (κ1) is 8.89. The third-order valence-corrected chi connectivity index (χ3v) is 2.38. The first-order chi connectivity index (χ1) is 5.65. The first-order valence-corrected chi connectivity index (χ1v) is 4.04. The van der Waals surface area contributed by atoms with E-state index in [9.17, 15) is 4.79 Å². The lowest BCUT2D eigenvalue weighted by Gasteiger charge is -1.98. The minimum Gasteiger partial charge on any atom is -0.476 e. The summed E-state index contributed by atoms with van der Waals surface area (Å²) in [5.74, 6) is -1.03. The van der Waals surface area contributed by atoms with Gasteiger partial charge in [-0.05, 0) is 0 Å². The summed E-state index contributed by atoms with van der Waals surface area (Å²) in [6, 6.07) is -0.324. The maximum absolute atomic E-state index is 10.4. The number of rotatable bonds is 3. The van der Waals surface area contributed by atoms with Gasteiger partial charge in [0.15, 0.2) is 0 Å². The van der Waals surface area contributed by atoms with E-state index in [1.54, 1.807) is 6.08 Å². The summed E-state index contributed by atoms with van der Waals surface area (Å²) in [7, 11) is 0. The topological polar surface area (TPSA) is 76.2 Å². The van der Waals surface area contributed by atoms with Gasteiger partial charge in [-0.1, -0.05) is 6.08 Å². The van der Waals surface area contributed by atoms with Crippen molar-refractivity contribution >= 4 is 17.3 Å². The summed E-state index contributed by atoms with van der Waals surface area (Å²) in [5, 5.41) is 8.59. The third-order valence-electron chi connectivity index (χ3n) is 1.29. The number of hydrogen-bond acceptors (Lipinski definition) is 4. The molecule has 12 heavy (non-hydrogen) atoms. The molecule has 1 unspecified atom stereocenters. The molecule has 0 fully saturated rings. The van der Waals surface area contributed by atoms with Crippen molar-refractivity contribution in [3.63, 3.8) is 0 Å². The van der Waals surface area contributed by atoms with Gasteiger partial charge in [0.25, 0.3) is 0 Å². The van der Waals surface area contributed by atoms with Crippen LogP contribution >= 0.6 is 11.3 Å². The molecule has 0 aromatic carbocycles. The second-order valence-corrected chi connectivity index (χ2v) is 3.20. The van der Waals surface area contributed by atoms with Gasteiger partial charge in [-0.3, -0.25) is 0 Å². The third kappa shape index (κ3) is 1.69. The van der Waals surface area contributed by atoms with Crippen molar-refractivity contribution < 1.29 is 9.90 Å². The van der Waals surface area contributed by atoms with E-state index in [1.807, 2.05) is 0 Å². The fraction of sp³-hybridized carbons (Fsp3) is 0.143. The zero-order valence-electron chi connectivity index (χ0n) is 6.23. The van der Waals surface area contributed by atoms with Crippen LogP contribution in [0.5, 0.6) is 0 Å². The molecule has 0 aliphatic carbocycles. The van der Waals surface area contributed by atoms with Gasteiger partial charge in [0, 0.05) is 11.1 Å². The van der Waals surface area contributed by atoms with Crippen molar-refractivity contribution in [2.24, 2.45) is 5.73 Å². The standard InChI is InChI=1S/C7H8N2O2S/c1-2-4(8)5-3-9-6(12-5)7(10)11/h2-4H,1,8H2,(H,10,11). The smallest absolute Gasteiger partial charge is 0.365 e. The molecule has 1 heterocycles. The molecule has 64 valence electrons. The largest absolute Gasteiger partial charge is 0.476 e. The van der Waals surface area contributed by atoms with E-state index in [-0.39, 0.29) is 11.0 Å². The van der Waals surface area contributed by atoms with Crippen LogP contribution in [0.15, 0.2) is 18.9 Å². The number of hydrogen-bond donors (Lipinski definition) is 2. The van der Waals surface area contributed by atoms with Crippen molar-refractivity contribution in [2.45, 2.75) is 6.04 Å². The Hall–Kier alpha value is -1.20. The summed E-state index contributed by atoms with van der Waals surface area (Å²) >= 11 is 1.07. The Labute approximate surface area is 73.4 Å². The van der Waals surface area contributed by atoms with Gasteiger partial charge in [0.05, 0.1) is 6.04 Å². The normalized spacial score (nSPS) is 12.4. The van der Waals surface area contributed by atoms with E-state index >= 15 is 0 Å². The molecule has 0 spiro atoms. The van der Waals surface area contributed by atoms with E-state index in [0.29, 0.717) is 4.88 Å². The number of aromatic nitrogens is 1. The monoisotopic (exact) mass is 184 g/mol. The quantitative estimate of drug-likeness (QED) is 0.688. The highest BCUT2D eigenvalue weighted by atomic mass is 32.1. The van der Waals surface area contributed by atoms with Gasteiger partial charge in [-0.15, -0.1) is 17.9 Å². The van der Waals surface area contributed by atoms with E-state index in [4.69, 9.17) is 10.8 Å². The summed E-state index contributed by atoms with van der Waals surface area (Å²) in [5.41, 5.74) is 5.57. The van der Waals surface area contributed by atoms with Crippen molar-refractivity contribution in [2.75, 3.05) is 0 Å². The molecule has 0 saturated heterocycles. The lowest BCUT2D eigenvalue weighted by molar-refractivity contribution is 0.0696. The van der Waals surface area contributed by atoms with E-state index in [0.717, 1.165) is 11.3 Å². The fourth-order valence-electron chi connectivity index (χ4n) is 0.656. The van der Waals surface area contributed by atoms with Crippen LogP contribution in [-0.4, -0.2) is 16.1 Å². The van der Waals surface area contributed by atoms with Gasteiger partial charge in [-0.2, -0.15) is 0 Å². The van der Waals surface area contributed by atoms with Gasteiger partial charge in [0.2, 0.25) is 5.01 Å². The molecular weight excluding hydrogens is 176 g/mol. The minimum absolute atomic E-state index is 0.0577. The molecule has 0 saturated carbocycles. The maximum atomic E-state index is 10.4. The molecular formula is C7H8N2O2S. The SMILES string of the molecule is C=CC(N)c1cnc(C(=O)O)s1. The van der Waals surface area contributed by atoms with E-state index in [2.05, 4.69) is 11.6 Å². The molecule has 1 aromatic rings. The highest BCUT2D eigenvalue weighted by Gasteiger charge is 2.11. The Morgan fingerprint density at radius 1 is 1.92 bits per heavy atom. The van der Waals surface area contributed by atoms with Crippen LogP contribution in [0.1, 0.15) is 20.7 Å². The summed E-state index contributed by atoms with van der Waals surface area (Å²) in [4.78, 5) is 14.8. The highest BCUT2D eigenvalue weighted by molar-refractivity contribution is 7.13. The predicted molar refractivity (Wildman–Crippen MR) is 46.2 cm³/mol. The Bertz CT molecular complexity index is 308. The molecule has 1 rings (SSSR count). The number of nitrogens with zero attached hydrogens (tertiary/aromatic N) is 1. The Balaban J connectivity index is 2.91. The van der Waals surface area contributed by atoms with Crippen molar-refractivity contribution in [1.82, 2.24) is 4.98 Å². The number of carboxylic acids is 1. The van der Waals surface area contributed by atoms with Gasteiger partial charge in [-0.25, -0.2) is 9.78 Å². The van der Waals surface area contributed by atoms with Gasteiger partial charge < -0.3 is 10.8 Å². The van der Waals surface area contributed by atoms with E-state index < -0.39 is 5.97 Å². The molecule has 0 aliphatic rings. The lowest BCUT2D eigenvalue weighted by Crippen LogP contribution is -2.03. The molecule has 1 atom stereocenters. The molecule has 3 N–H and O–H groups in total. The summed E-state index contributed by atoms with van der Waals surface area (Å²) in [6.45, 7) is 3.50. The highest BCUT2D eigenvalue weighted by Crippen LogP contribution is 2.19. The van der Waals surface area contributed by atoms with Crippen LogP contribution in [0.4, 0.5) is 0 Å². The summed E-state index contributed by atoms with van der Waals surface area (Å²) < 4.78 is 0. The van der Waals surface area contributed by atoms with Crippen molar-refractivity contribution in [3.05, 3.63) is 28.7 Å². The molecule has 1 aromatic heterocycles. The number of carbonyl (C=O) groups is 1. The average molecular weight is 184 g/mol. The number of aromatic carboxylic acids is 1. The molecule has 4 nitrogen and oxygen atoms in total. The van der Waals surface area contributed by atoms with Crippen LogP contribution < -0.4 is 5.73 Å². The molecule has 0 radical (unpaired) electrons. The van der Waals surface area contributed by atoms with Crippen molar-refractivity contribution in [1.29, 1.82) is 0 Å². The fourth-order valence-corrected chi connectivity index (χ4v) is 1.41. The van der Waals surface area contributed by atoms with E-state index in [1.165, 1.54) is 6.20 Å². The average Bonchev–Trinajstić information content (AvgIpc) is 2.51. The molecule has 0 aliphatic heterocycles. The zero-order chi connectivity index (χ0) is 9.14. The van der Waals surface area contributed by atoms with Crippen LogP contribution in [0.3, 0.4) is 0 Å². The second-order valence-electron chi connectivity index (χ2n) is 2.13. The van der Waals surface area contributed by atoms with Crippen molar-refractivity contribution in [3.8, 4) is 0 Å². The van der Waals surface area contributed by atoms with Gasteiger partial charge in [0.1, 0.15) is 0 Å². The first-order valence-electron chi connectivity index (χ1n) is 3.22. The predicted octanol–water partition coefficient (Wildman–Crippen LogP) is 1.03. The summed E-state index contributed by atoms with van der Waals surface area (Å²) in [6.07, 6.45) is 3.00. The van der Waals surface area contributed by atoms with Crippen LogP contribution in [0, 0.1) is 0 Å². The Morgan fingerprint density at radius 3 is 3.00 bits per heavy atom. The molecule has 0 amide bonds. The lowest BCUT2D eigenvalue weighted by atomic mass is 10.3. The minimum atomic E-state index is -1.03. The van der Waals surface area contributed by atoms with Gasteiger partial charge >= 0.3 is 5.97 Å². The number of carboxylic acid groups (broad SMARTS) is 1. The van der Waals surface area contributed by atoms with Crippen LogP contribution in [0.2, 0.25) is 0 Å².